The summed E-state index contributed by atoms with van der Waals surface area (Å²) < 4.78 is 16.1. The molecule has 0 bridgehead atoms. The van der Waals surface area contributed by atoms with E-state index < -0.39 is 11.7 Å². The Balaban J connectivity index is 2.19. The van der Waals surface area contributed by atoms with Gasteiger partial charge in [0.25, 0.3) is 0 Å². The van der Waals surface area contributed by atoms with Crippen molar-refractivity contribution in [2.24, 2.45) is 0 Å². The van der Waals surface area contributed by atoms with E-state index >= 15 is 0 Å². The average Bonchev–Trinajstić information content (AvgIpc) is 2.50. The first-order chi connectivity index (χ1) is 5.68. The van der Waals surface area contributed by atoms with Gasteiger partial charge in [0, 0.05) is 7.11 Å². The van der Waals surface area contributed by atoms with Crippen LogP contribution in [0.3, 0.4) is 0 Å². The number of fused-ring (bicyclic) bond motifs is 1. The molecule has 1 N–H and O–H groups in total. The lowest BCUT2D eigenvalue weighted by Gasteiger charge is -2.26. The van der Waals surface area contributed by atoms with Gasteiger partial charge in [-0.05, 0) is 6.92 Å². The highest BCUT2D eigenvalue weighted by atomic mass is 16.6. The molecular formula is C8H14O4. The first kappa shape index (κ1) is 8.44. The van der Waals surface area contributed by atoms with Crippen molar-refractivity contribution >= 4 is 0 Å². The van der Waals surface area contributed by atoms with Crippen molar-refractivity contribution in [2.45, 2.75) is 30.8 Å². The van der Waals surface area contributed by atoms with Crippen LogP contribution >= 0.6 is 0 Å². The molecule has 2 heterocycles. The molecule has 0 aromatic rings. The first-order valence-electron chi connectivity index (χ1n) is 4.15. The van der Waals surface area contributed by atoms with Crippen LogP contribution in [-0.2, 0) is 14.2 Å². The maximum absolute atomic E-state index is 9.47. The maximum Gasteiger partial charge on any atom is 0.122 e. The lowest BCUT2D eigenvalue weighted by Crippen LogP contribution is -2.44. The fourth-order valence-corrected chi connectivity index (χ4v) is 2.03. The predicted molar refractivity (Wildman–Crippen MR) is 40.9 cm³/mol. The van der Waals surface area contributed by atoms with Crippen LogP contribution in [0.4, 0.5) is 0 Å². The summed E-state index contributed by atoms with van der Waals surface area (Å²) in [4.78, 5) is 0. The second-order valence-electron chi connectivity index (χ2n) is 3.54. The molecular weight excluding hydrogens is 160 g/mol. The quantitative estimate of drug-likeness (QED) is 0.585. The summed E-state index contributed by atoms with van der Waals surface area (Å²) in [5.41, 5.74) is -0.450. The van der Waals surface area contributed by atoms with Gasteiger partial charge in [-0.15, -0.1) is 0 Å². The number of aliphatic hydroxyl groups is 1. The van der Waals surface area contributed by atoms with Crippen molar-refractivity contribution in [1.29, 1.82) is 0 Å². The third-order valence-electron chi connectivity index (χ3n) is 2.83. The molecule has 2 fully saturated rings. The van der Waals surface area contributed by atoms with Gasteiger partial charge < -0.3 is 19.3 Å². The maximum atomic E-state index is 9.47. The van der Waals surface area contributed by atoms with Gasteiger partial charge in [0.1, 0.15) is 23.9 Å². The van der Waals surface area contributed by atoms with E-state index in [1.807, 2.05) is 6.92 Å². The van der Waals surface area contributed by atoms with E-state index in [2.05, 4.69) is 0 Å². The van der Waals surface area contributed by atoms with Gasteiger partial charge in [0.15, 0.2) is 0 Å². The van der Waals surface area contributed by atoms with E-state index in [1.54, 1.807) is 7.11 Å². The third-order valence-corrected chi connectivity index (χ3v) is 2.83. The lowest BCUT2D eigenvalue weighted by molar-refractivity contribution is -0.0773. The van der Waals surface area contributed by atoms with E-state index in [9.17, 15) is 5.11 Å². The Bertz CT molecular complexity index is 184. The van der Waals surface area contributed by atoms with E-state index in [0.717, 1.165) is 0 Å². The van der Waals surface area contributed by atoms with E-state index in [0.29, 0.717) is 13.2 Å². The van der Waals surface area contributed by atoms with Crippen molar-refractivity contribution in [3.8, 4) is 0 Å². The van der Waals surface area contributed by atoms with Crippen molar-refractivity contribution in [3.05, 3.63) is 0 Å². The van der Waals surface area contributed by atoms with Crippen LogP contribution < -0.4 is 0 Å². The normalized spacial score (nSPS) is 52.8. The number of rotatable bonds is 1. The molecule has 2 rings (SSSR count). The lowest BCUT2D eigenvalue weighted by atomic mass is 9.95. The Kier molecular flexibility index (Phi) is 1.88. The van der Waals surface area contributed by atoms with Crippen LogP contribution in [-0.4, -0.2) is 49.3 Å². The number of methoxy groups -OCH3 is 1. The number of aliphatic hydroxyl groups excluding tert-OH is 1. The van der Waals surface area contributed by atoms with Gasteiger partial charge in [-0.25, -0.2) is 0 Å². The van der Waals surface area contributed by atoms with Crippen LogP contribution in [0.25, 0.3) is 0 Å². The zero-order valence-corrected chi connectivity index (χ0v) is 7.32. The number of hydrogen-bond donors (Lipinski definition) is 1. The standard InChI is InChI=1S/C8H14O4/c1-8-6(10-2)4-11-7(8)5(9)3-12-8/h5-7,9H,3-4H2,1-2H3/t5-,6-,7+,8+/m0/s1. The van der Waals surface area contributed by atoms with Gasteiger partial charge in [0.2, 0.25) is 0 Å². The minimum atomic E-state index is -0.504. The summed E-state index contributed by atoms with van der Waals surface area (Å²) in [6.45, 7) is 2.78. The first-order valence-corrected chi connectivity index (χ1v) is 4.15. The molecule has 2 aliphatic heterocycles. The molecule has 4 heteroatoms. The Hall–Kier alpha value is -0.160. The van der Waals surface area contributed by atoms with E-state index in [4.69, 9.17) is 14.2 Å². The number of hydrogen-bond acceptors (Lipinski definition) is 4. The molecule has 0 aromatic carbocycles. The van der Waals surface area contributed by atoms with Crippen molar-refractivity contribution in [1.82, 2.24) is 0 Å². The van der Waals surface area contributed by atoms with E-state index in [1.165, 1.54) is 0 Å². The van der Waals surface area contributed by atoms with Crippen molar-refractivity contribution < 1.29 is 19.3 Å². The van der Waals surface area contributed by atoms with E-state index in [-0.39, 0.29) is 12.2 Å². The summed E-state index contributed by atoms with van der Waals surface area (Å²) >= 11 is 0. The molecule has 0 spiro atoms. The summed E-state index contributed by atoms with van der Waals surface area (Å²) in [6.07, 6.45) is -0.780. The van der Waals surface area contributed by atoms with Crippen LogP contribution in [0.1, 0.15) is 6.92 Å². The molecule has 0 unspecified atom stereocenters. The van der Waals surface area contributed by atoms with Crippen LogP contribution in [0.15, 0.2) is 0 Å². The highest BCUT2D eigenvalue weighted by molar-refractivity contribution is 5.05. The third kappa shape index (κ3) is 0.925. The second kappa shape index (κ2) is 2.67. The number of ether oxygens (including phenoxy) is 3. The van der Waals surface area contributed by atoms with Crippen molar-refractivity contribution in [3.63, 3.8) is 0 Å². The molecule has 4 atom stereocenters. The molecule has 0 aromatic heterocycles. The Morgan fingerprint density at radius 3 is 2.92 bits per heavy atom. The molecule has 70 valence electrons. The molecule has 0 amide bonds. The van der Waals surface area contributed by atoms with Gasteiger partial charge in [-0.1, -0.05) is 0 Å². The Morgan fingerprint density at radius 1 is 1.50 bits per heavy atom. The minimum absolute atomic E-state index is 0.0559. The molecule has 0 aliphatic carbocycles. The van der Waals surface area contributed by atoms with Gasteiger partial charge in [-0.3, -0.25) is 0 Å². The molecule has 4 nitrogen and oxygen atoms in total. The molecule has 0 saturated carbocycles. The summed E-state index contributed by atoms with van der Waals surface area (Å²) in [5.74, 6) is 0. The average molecular weight is 174 g/mol. The molecule has 2 aliphatic rings. The monoisotopic (exact) mass is 174 g/mol. The van der Waals surface area contributed by atoms with Crippen molar-refractivity contribution in [2.75, 3.05) is 20.3 Å². The topological polar surface area (TPSA) is 47.9 Å². The van der Waals surface area contributed by atoms with Gasteiger partial charge in [-0.2, -0.15) is 0 Å². The fourth-order valence-electron chi connectivity index (χ4n) is 2.03. The largest absolute Gasteiger partial charge is 0.388 e. The Labute approximate surface area is 71.4 Å². The summed E-state index contributed by atoms with van der Waals surface area (Å²) in [7, 11) is 1.63. The zero-order chi connectivity index (χ0) is 8.77. The smallest absolute Gasteiger partial charge is 0.122 e. The van der Waals surface area contributed by atoms with Crippen LogP contribution in [0.2, 0.25) is 0 Å². The predicted octanol–water partition coefficient (Wildman–Crippen LogP) is -0.450. The minimum Gasteiger partial charge on any atom is -0.388 e. The highest BCUT2D eigenvalue weighted by Gasteiger charge is 2.57. The molecule has 0 radical (unpaired) electrons. The van der Waals surface area contributed by atoms with Crippen LogP contribution in [0.5, 0.6) is 0 Å². The highest BCUT2D eigenvalue weighted by Crippen LogP contribution is 2.38. The zero-order valence-electron chi connectivity index (χ0n) is 7.32. The fraction of sp³-hybridized carbons (Fsp3) is 1.00. The SMILES string of the molecule is CO[C@H]1CO[C@@H]2[C@@H](O)CO[C@]12C. The van der Waals surface area contributed by atoms with Gasteiger partial charge in [0.05, 0.1) is 13.2 Å². The van der Waals surface area contributed by atoms with Crippen LogP contribution in [0, 0.1) is 0 Å². The second-order valence-corrected chi connectivity index (χ2v) is 3.54. The Morgan fingerprint density at radius 2 is 2.25 bits per heavy atom. The summed E-state index contributed by atoms with van der Waals surface area (Å²) in [5, 5.41) is 9.47. The molecule has 12 heavy (non-hydrogen) atoms. The summed E-state index contributed by atoms with van der Waals surface area (Å²) in [6, 6.07) is 0. The molecule has 2 saturated heterocycles. The van der Waals surface area contributed by atoms with Gasteiger partial charge >= 0.3 is 0 Å².